The molecule has 5 aromatic rings. The van der Waals surface area contributed by atoms with Crippen LogP contribution in [0.2, 0.25) is 0 Å². The molecule has 0 aliphatic rings. The van der Waals surface area contributed by atoms with Gasteiger partial charge < -0.3 is 0 Å². The van der Waals surface area contributed by atoms with Gasteiger partial charge in [-0.25, -0.2) is 9.67 Å². The third kappa shape index (κ3) is 3.44. The van der Waals surface area contributed by atoms with E-state index in [4.69, 9.17) is 0 Å². The van der Waals surface area contributed by atoms with Crippen molar-refractivity contribution in [3.63, 3.8) is 0 Å². The van der Waals surface area contributed by atoms with Gasteiger partial charge in [-0.1, -0.05) is 48.5 Å². The third-order valence-electron chi connectivity index (χ3n) is 4.97. The molecule has 0 amide bonds. The lowest BCUT2D eigenvalue weighted by atomic mass is 10.0. The molecule has 0 spiro atoms. The van der Waals surface area contributed by atoms with Gasteiger partial charge in [-0.3, -0.25) is 4.98 Å². The van der Waals surface area contributed by atoms with E-state index in [1.54, 1.807) is 48.5 Å². The highest BCUT2D eigenvalue weighted by Crippen LogP contribution is 2.41. The van der Waals surface area contributed by atoms with Gasteiger partial charge >= 0.3 is 6.18 Å². The van der Waals surface area contributed by atoms with Crippen LogP contribution >= 0.6 is 0 Å². The van der Waals surface area contributed by atoms with Gasteiger partial charge in [0.25, 0.3) is 0 Å². The summed E-state index contributed by atoms with van der Waals surface area (Å²) >= 11 is 0. The molecule has 0 saturated carbocycles. The SMILES string of the molecule is FC(F)(F)c1cc(-c2ccncc2)nc2c1c(-c1ccccc1)nn2-c1ccccc1. The molecule has 152 valence electrons. The van der Waals surface area contributed by atoms with Crippen molar-refractivity contribution in [2.75, 3.05) is 0 Å². The summed E-state index contributed by atoms with van der Waals surface area (Å²) in [4.78, 5) is 8.56. The van der Waals surface area contributed by atoms with Gasteiger partial charge in [0.2, 0.25) is 0 Å². The summed E-state index contributed by atoms with van der Waals surface area (Å²) in [6, 6.07) is 22.2. The number of nitrogens with zero attached hydrogens (tertiary/aromatic N) is 4. The lowest BCUT2D eigenvalue weighted by molar-refractivity contribution is -0.136. The van der Waals surface area contributed by atoms with Crippen molar-refractivity contribution >= 4 is 11.0 Å². The minimum absolute atomic E-state index is 0.0274. The van der Waals surface area contributed by atoms with Crippen LogP contribution in [0.3, 0.4) is 0 Å². The first-order valence-electron chi connectivity index (χ1n) is 9.54. The van der Waals surface area contributed by atoms with E-state index < -0.39 is 11.7 Å². The normalized spacial score (nSPS) is 11.7. The van der Waals surface area contributed by atoms with Crippen molar-refractivity contribution in [3.8, 4) is 28.2 Å². The third-order valence-corrected chi connectivity index (χ3v) is 4.97. The lowest BCUT2D eigenvalue weighted by Crippen LogP contribution is -2.08. The fourth-order valence-electron chi connectivity index (χ4n) is 3.56. The number of halogens is 3. The van der Waals surface area contributed by atoms with E-state index in [0.717, 1.165) is 6.07 Å². The Balaban J connectivity index is 1.91. The van der Waals surface area contributed by atoms with E-state index in [1.807, 2.05) is 24.3 Å². The Labute approximate surface area is 175 Å². The topological polar surface area (TPSA) is 43.6 Å². The van der Waals surface area contributed by atoms with Gasteiger partial charge in [-0.2, -0.15) is 18.3 Å². The summed E-state index contributed by atoms with van der Waals surface area (Å²) in [6.45, 7) is 0. The second kappa shape index (κ2) is 7.36. The zero-order valence-electron chi connectivity index (χ0n) is 16.1. The summed E-state index contributed by atoms with van der Waals surface area (Å²) in [7, 11) is 0. The molecule has 0 saturated heterocycles. The van der Waals surface area contributed by atoms with Crippen molar-refractivity contribution in [1.82, 2.24) is 19.7 Å². The molecule has 0 bridgehead atoms. The lowest BCUT2D eigenvalue weighted by Gasteiger charge is -2.12. The summed E-state index contributed by atoms with van der Waals surface area (Å²) in [5.41, 5.74) is 1.58. The maximum Gasteiger partial charge on any atom is 0.417 e. The van der Waals surface area contributed by atoms with Crippen LogP contribution < -0.4 is 0 Å². The Bertz CT molecular complexity index is 1350. The first-order valence-corrected chi connectivity index (χ1v) is 9.54. The van der Waals surface area contributed by atoms with Gasteiger partial charge in [0, 0.05) is 23.5 Å². The van der Waals surface area contributed by atoms with Gasteiger partial charge in [-0.05, 0) is 30.3 Å². The molecule has 3 aromatic heterocycles. The highest BCUT2D eigenvalue weighted by atomic mass is 19.4. The first-order chi connectivity index (χ1) is 15.0. The van der Waals surface area contributed by atoms with E-state index in [1.165, 1.54) is 17.1 Å². The van der Waals surface area contributed by atoms with Crippen LogP contribution in [-0.2, 0) is 6.18 Å². The Kier molecular flexibility index (Phi) is 4.51. The molecule has 5 rings (SSSR count). The minimum atomic E-state index is -4.59. The fraction of sp³-hybridized carbons (Fsp3) is 0.0417. The molecule has 0 unspecified atom stereocenters. The molecule has 0 atom stereocenters. The van der Waals surface area contributed by atoms with Crippen LogP contribution in [0, 0.1) is 0 Å². The Morgan fingerprint density at radius 3 is 2.03 bits per heavy atom. The number of alkyl halides is 3. The number of para-hydroxylation sites is 1. The van der Waals surface area contributed by atoms with Crippen LogP contribution in [0.5, 0.6) is 0 Å². The molecule has 0 aliphatic heterocycles. The predicted molar refractivity (Wildman–Crippen MR) is 113 cm³/mol. The number of rotatable bonds is 3. The zero-order chi connectivity index (χ0) is 21.4. The summed E-state index contributed by atoms with van der Waals surface area (Å²) in [6.07, 6.45) is -1.53. The van der Waals surface area contributed by atoms with Crippen molar-refractivity contribution in [3.05, 3.63) is 96.8 Å². The number of fused-ring (bicyclic) bond motifs is 1. The molecule has 0 aliphatic carbocycles. The van der Waals surface area contributed by atoms with E-state index in [2.05, 4.69) is 15.1 Å². The molecule has 4 nitrogen and oxygen atoms in total. The maximum atomic E-state index is 14.2. The summed E-state index contributed by atoms with van der Waals surface area (Å²) in [5.74, 6) is 0. The maximum absolute atomic E-state index is 14.2. The monoisotopic (exact) mass is 416 g/mol. The van der Waals surface area contributed by atoms with Crippen molar-refractivity contribution in [2.24, 2.45) is 0 Å². The molecular weight excluding hydrogens is 401 g/mol. The van der Waals surface area contributed by atoms with Gasteiger partial charge in [0.05, 0.1) is 22.3 Å². The zero-order valence-corrected chi connectivity index (χ0v) is 16.1. The molecule has 0 fully saturated rings. The van der Waals surface area contributed by atoms with E-state index in [-0.39, 0.29) is 22.4 Å². The molecule has 2 aromatic carbocycles. The standard InChI is InChI=1S/C24H15F3N4/c25-24(26,27)19-15-20(16-11-13-28-14-12-16)29-23-21(19)22(17-7-3-1-4-8-17)30-31(23)18-9-5-2-6-10-18/h1-15H. The second-order valence-electron chi connectivity index (χ2n) is 6.95. The van der Waals surface area contributed by atoms with E-state index >= 15 is 0 Å². The first kappa shape index (κ1) is 19.0. The van der Waals surface area contributed by atoms with Crippen molar-refractivity contribution in [1.29, 1.82) is 0 Å². The minimum Gasteiger partial charge on any atom is -0.265 e. The van der Waals surface area contributed by atoms with E-state index in [9.17, 15) is 13.2 Å². The van der Waals surface area contributed by atoms with Crippen LogP contribution in [0.25, 0.3) is 39.2 Å². The average molecular weight is 416 g/mol. The van der Waals surface area contributed by atoms with Crippen molar-refractivity contribution < 1.29 is 13.2 Å². The van der Waals surface area contributed by atoms with Crippen LogP contribution in [0.1, 0.15) is 5.56 Å². The van der Waals surface area contributed by atoms with Gasteiger partial charge in [0.1, 0.15) is 5.69 Å². The number of benzene rings is 2. The summed E-state index contributed by atoms with van der Waals surface area (Å²) < 4.78 is 44.2. The molecule has 3 heterocycles. The number of hydrogen-bond acceptors (Lipinski definition) is 3. The molecule has 31 heavy (non-hydrogen) atoms. The Hall–Kier alpha value is -4.00. The molecular formula is C24H15F3N4. The molecule has 0 N–H and O–H groups in total. The molecule has 7 heteroatoms. The quantitative estimate of drug-likeness (QED) is 0.353. The smallest absolute Gasteiger partial charge is 0.265 e. The number of hydrogen-bond donors (Lipinski definition) is 0. The average Bonchev–Trinajstić information content (AvgIpc) is 3.19. The number of aromatic nitrogens is 4. The van der Waals surface area contributed by atoms with Gasteiger partial charge in [-0.15, -0.1) is 0 Å². The van der Waals surface area contributed by atoms with Crippen LogP contribution in [-0.4, -0.2) is 19.7 Å². The highest BCUT2D eigenvalue weighted by molar-refractivity contribution is 5.96. The number of pyridine rings is 2. The van der Waals surface area contributed by atoms with Gasteiger partial charge in [0.15, 0.2) is 5.65 Å². The van der Waals surface area contributed by atoms with Crippen LogP contribution in [0.15, 0.2) is 91.3 Å². The Morgan fingerprint density at radius 2 is 1.39 bits per heavy atom. The fourth-order valence-corrected chi connectivity index (χ4v) is 3.56. The molecule has 0 radical (unpaired) electrons. The predicted octanol–water partition coefficient (Wildman–Crippen LogP) is 6.17. The second-order valence-corrected chi connectivity index (χ2v) is 6.95. The largest absolute Gasteiger partial charge is 0.417 e. The highest BCUT2D eigenvalue weighted by Gasteiger charge is 2.36. The Morgan fingerprint density at radius 1 is 0.742 bits per heavy atom. The van der Waals surface area contributed by atoms with E-state index in [0.29, 0.717) is 16.8 Å². The van der Waals surface area contributed by atoms with Crippen LogP contribution in [0.4, 0.5) is 13.2 Å². The van der Waals surface area contributed by atoms with Crippen molar-refractivity contribution in [2.45, 2.75) is 6.18 Å². The summed E-state index contributed by atoms with van der Waals surface area (Å²) in [5, 5.41) is 4.55.